The highest BCUT2D eigenvalue weighted by Gasteiger charge is 2.25. The van der Waals surface area contributed by atoms with Gasteiger partial charge in [0.15, 0.2) is 0 Å². The lowest BCUT2D eigenvalue weighted by molar-refractivity contribution is 0.116. The Kier molecular flexibility index (Phi) is 16.3. The summed E-state index contributed by atoms with van der Waals surface area (Å²) in [7, 11) is -4.29. The normalized spacial score (nSPS) is 11.9. The molecule has 0 radical (unpaired) electrons. The highest BCUT2D eigenvalue weighted by Crippen LogP contribution is 2.41. The molecule has 0 bridgehead atoms. The lowest BCUT2D eigenvalue weighted by Crippen LogP contribution is -2.11. The van der Waals surface area contributed by atoms with Gasteiger partial charge >= 0.3 is 10.1 Å². The molecule has 0 amide bonds. The van der Waals surface area contributed by atoms with Gasteiger partial charge in [0.2, 0.25) is 0 Å². The number of rotatable bonds is 23. The molecule has 290 valence electrons. The maximum Gasteiger partial charge on any atom is 0.340 e. The summed E-state index contributed by atoms with van der Waals surface area (Å²) in [5, 5.41) is 12.1. The molecule has 0 saturated carbocycles. The molecule has 1 unspecified atom stereocenters. The molecule has 0 aliphatic rings. The molecule has 9 heteroatoms. The fraction of sp³-hybridized carbons (Fsp3) is 0.304. The van der Waals surface area contributed by atoms with E-state index >= 15 is 0 Å². The predicted molar refractivity (Wildman–Crippen MR) is 222 cm³/mol. The van der Waals surface area contributed by atoms with Crippen LogP contribution in [0.15, 0.2) is 143 Å². The summed E-state index contributed by atoms with van der Waals surface area (Å²) < 4.78 is 51.6. The summed E-state index contributed by atoms with van der Waals surface area (Å²) in [5.41, 5.74) is 3.35. The van der Waals surface area contributed by atoms with Crippen LogP contribution < -0.4 is 13.7 Å². The maximum absolute atomic E-state index is 14.1. The van der Waals surface area contributed by atoms with E-state index in [-0.39, 0.29) is 17.3 Å². The number of benzene rings is 5. The molecule has 0 fully saturated rings. The van der Waals surface area contributed by atoms with Gasteiger partial charge in [-0.3, -0.25) is 0 Å². The van der Waals surface area contributed by atoms with E-state index in [0.29, 0.717) is 52.7 Å². The van der Waals surface area contributed by atoms with Crippen LogP contribution in [0.25, 0.3) is 11.1 Å². The number of para-hydroxylation sites is 1. The van der Waals surface area contributed by atoms with E-state index in [1.807, 2.05) is 72.8 Å². The van der Waals surface area contributed by atoms with Crippen molar-refractivity contribution in [2.45, 2.75) is 86.2 Å². The van der Waals surface area contributed by atoms with E-state index in [2.05, 4.69) is 20.4 Å². The monoisotopic (exact) mass is 780 g/mol. The third-order valence-electron chi connectivity index (χ3n) is 8.93. The highest BCUT2D eigenvalue weighted by molar-refractivity contribution is 8.00. The van der Waals surface area contributed by atoms with Crippen LogP contribution in [-0.4, -0.2) is 33.3 Å². The zero-order valence-corrected chi connectivity index (χ0v) is 33.5. The first-order valence-electron chi connectivity index (χ1n) is 19.1. The Hall–Kier alpha value is -4.54. The van der Waals surface area contributed by atoms with E-state index in [4.69, 9.17) is 18.4 Å². The quantitative estimate of drug-likeness (QED) is 0.0398. The Morgan fingerprint density at radius 1 is 0.727 bits per heavy atom. The van der Waals surface area contributed by atoms with Gasteiger partial charge in [0.25, 0.3) is 0 Å². The molecule has 5 aromatic rings. The summed E-state index contributed by atoms with van der Waals surface area (Å²) in [6.45, 7) is 10.1. The Morgan fingerprint density at radius 3 is 2.24 bits per heavy atom. The van der Waals surface area contributed by atoms with Crippen molar-refractivity contribution in [1.29, 1.82) is 0 Å². The summed E-state index contributed by atoms with van der Waals surface area (Å²) in [5.74, 6) is 1.50. The maximum atomic E-state index is 14.1. The minimum Gasteiger partial charge on any atom is -0.494 e. The molecular formula is C46H52O7S2. The summed E-state index contributed by atoms with van der Waals surface area (Å²) in [6.07, 6.45) is 8.38. The standard InChI is InChI=1S/C46H52O7S2/c1-4-7-9-10-16-30-50-34-35-21-27-43(52-29-6-3)42(32-35)46(47)41-20-15-14-19-40(41)36-22-28-44(54-39-25-23-37(24-26-39)51-31-8-5-2)45(33-36)55(48,49)53-38-17-12-11-13-18-38/h6,11-15,17-28,32-33,46-47H,3-5,7-10,16,29-31,34H2,1-2H3. The number of ether oxygens (including phenoxy) is 3. The predicted octanol–water partition coefficient (Wildman–Crippen LogP) is 11.6. The van der Waals surface area contributed by atoms with Gasteiger partial charge < -0.3 is 23.5 Å². The van der Waals surface area contributed by atoms with Gasteiger partial charge in [-0.2, -0.15) is 8.42 Å². The Morgan fingerprint density at radius 2 is 1.47 bits per heavy atom. The first-order chi connectivity index (χ1) is 26.8. The zero-order chi connectivity index (χ0) is 38.9. The van der Waals surface area contributed by atoms with Crippen LogP contribution in [0, 0.1) is 0 Å². The van der Waals surface area contributed by atoms with Crippen LogP contribution in [0.2, 0.25) is 0 Å². The average Bonchev–Trinajstić information content (AvgIpc) is 3.20. The second-order valence-corrected chi connectivity index (χ2v) is 15.8. The van der Waals surface area contributed by atoms with Crippen LogP contribution in [0.4, 0.5) is 0 Å². The topological polar surface area (TPSA) is 91.3 Å². The number of aliphatic hydroxyl groups excluding tert-OH is 1. The Balaban J connectivity index is 1.48. The van der Waals surface area contributed by atoms with Crippen molar-refractivity contribution in [3.8, 4) is 28.4 Å². The zero-order valence-electron chi connectivity index (χ0n) is 31.8. The van der Waals surface area contributed by atoms with Gasteiger partial charge in [-0.05, 0) is 95.8 Å². The first-order valence-corrected chi connectivity index (χ1v) is 21.3. The van der Waals surface area contributed by atoms with Gasteiger partial charge in [-0.15, -0.1) is 0 Å². The van der Waals surface area contributed by atoms with E-state index in [9.17, 15) is 13.5 Å². The molecule has 0 aromatic heterocycles. The van der Waals surface area contributed by atoms with Crippen LogP contribution >= 0.6 is 11.8 Å². The van der Waals surface area contributed by atoms with Gasteiger partial charge in [-0.25, -0.2) is 0 Å². The second-order valence-electron chi connectivity index (χ2n) is 13.2. The first kappa shape index (κ1) is 41.6. The van der Waals surface area contributed by atoms with E-state index in [1.165, 1.54) is 31.0 Å². The van der Waals surface area contributed by atoms with E-state index in [1.54, 1.807) is 48.5 Å². The average molecular weight is 781 g/mol. The van der Waals surface area contributed by atoms with Crippen LogP contribution in [0.1, 0.15) is 81.6 Å². The van der Waals surface area contributed by atoms with E-state index < -0.39 is 16.2 Å². The van der Waals surface area contributed by atoms with Gasteiger partial charge in [0, 0.05) is 22.0 Å². The molecule has 0 aliphatic heterocycles. The Bertz CT molecular complexity index is 2050. The molecule has 0 aliphatic carbocycles. The molecule has 5 rings (SSSR count). The molecular weight excluding hydrogens is 729 g/mol. The van der Waals surface area contributed by atoms with Gasteiger partial charge in [-0.1, -0.05) is 125 Å². The molecule has 7 nitrogen and oxygen atoms in total. The summed E-state index contributed by atoms with van der Waals surface area (Å²) >= 11 is 1.32. The molecule has 0 saturated heterocycles. The molecule has 5 aromatic carbocycles. The third kappa shape index (κ3) is 12.2. The van der Waals surface area contributed by atoms with Crippen LogP contribution in [0.5, 0.6) is 17.2 Å². The molecule has 0 spiro atoms. The molecule has 1 atom stereocenters. The van der Waals surface area contributed by atoms with Crippen molar-refractivity contribution in [2.24, 2.45) is 0 Å². The second kappa shape index (κ2) is 21.5. The van der Waals surface area contributed by atoms with Crippen molar-refractivity contribution in [3.63, 3.8) is 0 Å². The van der Waals surface area contributed by atoms with Gasteiger partial charge in [0.05, 0.1) is 13.2 Å². The molecule has 55 heavy (non-hydrogen) atoms. The van der Waals surface area contributed by atoms with Crippen molar-refractivity contribution < 1.29 is 31.9 Å². The largest absolute Gasteiger partial charge is 0.494 e. The number of aliphatic hydroxyl groups is 1. The van der Waals surface area contributed by atoms with Crippen molar-refractivity contribution in [1.82, 2.24) is 0 Å². The SMILES string of the molecule is C=CCOc1ccc(COCCCCCCC)cc1C(O)c1ccccc1-c1ccc(Sc2ccc(OCCCC)cc2)c(S(=O)(=O)Oc2ccccc2)c1. The summed E-state index contributed by atoms with van der Waals surface area (Å²) in [6, 6.07) is 34.5. The van der Waals surface area contributed by atoms with Crippen molar-refractivity contribution >= 4 is 21.9 Å². The third-order valence-corrected chi connectivity index (χ3v) is 11.4. The van der Waals surface area contributed by atoms with Crippen molar-refractivity contribution in [3.05, 3.63) is 145 Å². The van der Waals surface area contributed by atoms with E-state index in [0.717, 1.165) is 41.9 Å². The van der Waals surface area contributed by atoms with Crippen molar-refractivity contribution in [2.75, 3.05) is 19.8 Å². The van der Waals surface area contributed by atoms with Crippen LogP contribution in [-0.2, 0) is 21.5 Å². The lowest BCUT2D eigenvalue weighted by Gasteiger charge is -2.21. The Labute approximate surface area is 331 Å². The lowest BCUT2D eigenvalue weighted by atomic mass is 9.91. The smallest absolute Gasteiger partial charge is 0.340 e. The molecule has 1 N–H and O–H groups in total. The molecule has 0 heterocycles. The minimum absolute atomic E-state index is 0.00950. The fourth-order valence-electron chi connectivity index (χ4n) is 6.01. The van der Waals surface area contributed by atoms with Crippen LogP contribution in [0.3, 0.4) is 0 Å². The van der Waals surface area contributed by atoms with Gasteiger partial charge in [0.1, 0.15) is 34.9 Å². The highest BCUT2D eigenvalue weighted by atomic mass is 32.2. The number of hydrogen-bond donors (Lipinski definition) is 1. The minimum atomic E-state index is -4.29. The fourth-order valence-corrected chi connectivity index (χ4v) is 8.31. The number of unbranched alkanes of at least 4 members (excludes halogenated alkanes) is 5. The number of hydrogen-bond acceptors (Lipinski definition) is 8. The summed E-state index contributed by atoms with van der Waals surface area (Å²) in [4.78, 5) is 1.35.